The van der Waals surface area contributed by atoms with Crippen molar-refractivity contribution in [3.63, 3.8) is 0 Å². The van der Waals surface area contributed by atoms with Gasteiger partial charge < -0.3 is 4.90 Å². The number of benzene rings is 1. The summed E-state index contributed by atoms with van der Waals surface area (Å²) in [6.07, 6.45) is 4.52. The first-order valence-electron chi connectivity index (χ1n) is 8.07. The summed E-state index contributed by atoms with van der Waals surface area (Å²) >= 11 is 3.43. The van der Waals surface area contributed by atoms with Crippen molar-refractivity contribution in [2.24, 2.45) is 11.8 Å². The number of nitrogens with zero attached hydrogens (tertiary/aromatic N) is 1. The molecule has 21 heavy (non-hydrogen) atoms. The van der Waals surface area contributed by atoms with Crippen LogP contribution >= 0.6 is 15.9 Å². The highest BCUT2D eigenvalue weighted by Crippen LogP contribution is 2.24. The molecule has 3 heteroatoms. The van der Waals surface area contributed by atoms with E-state index in [1.54, 1.807) is 0 Å². The van der Waals surface area contributed by atoms with E-state index in [2.05, 4.69) is 34.7 Å². The maximum Gasteiger partial charge on any atom is 0.164 e. The van der Waals surface area contributed by atoms with Crippen molar-refractivity contribution in [3.8, 4) is 0 Å². The Balaban J connectivity index is 1.81. The third-order valence-corrected chi connectivity index (χ3v) is 5.10. The molecule has 0 radical (unpaired) electrons. The number of ketones is 1. The number of hydrogen-bond acceptors (Lipinski definition) is 2. The van der Waals surface area contributed by atoms with Crippen molar-refractivity contribution in [1.29, 1.82) is 0 Å². The minimum Gasteiger partial charge on any atom is -0.303 e. The zero-order valence-corrected chi connectivity index (χ0v) is 14.7. The summed E-state index contributed by atoms with van der Waals surface area (Å²) in [6, 6.07) is 7.71. The second-order valence-corrected chi connectivity index (χ2v) is 7.38. The first-order chi connectivity index (χ1) is 10.1. The fourth-order valence-electron chi connectivity index (χ4n) is 3.14. The van der Waals surface area contributed by atoms with Crippen molar-refractivity contribution in [2.45, 2.75) is 39.5 Å². The summed E-state index contributed by atoms with van der Waals surface area (Å²) in [5.41, 5.74) is 0.819. The third-order valence-electron chi connectivity index (χ3n) is 4.61. The molecule has 0 N–H and O–H groups in total. The van der Waals surface area contributed by atoms with Gasteiger partial charge in [-0.3, -0.25) is 4.79 Å². The third kappa shape index (κ3) is 5.23. The zero-order valence-electron chi connectivity index (χ0n) is 13.1. The van der Waals surface area contributed by atoms with Crippen LogP contribution in [0.5, 0.6) is 0 Å². The van der Waals surface area contributed by atoms with E-state index in [0.29, 0.717) is 6.42 Å². The van der Waals surface area contributed by atoms with Crippen LogP contribution in [0.2, 0.25) is 0 Å². The summed E-state index contributed by atoms with van der Waals surface area (Å²) in [5.74, 6) is 1.89. The van der Waals surface area contributed by atoms with Gasteiger partial charge in [0.15, 0.2) is 5.78 Å². The van der Waals surface area contributed by atoms with Crippen LogP contribution < -0.4 is 0 Å². The Hall–Kier alpha value is -0.670. The van der Waals surface area contributed by atoms with Crippen LogP contribution in [0.25, 0.3) is 0 Å². The maximum absolute atomic E-state index is 12.3. The fraction of sp³-hybridized carbons (Fsp3) is 0.611. The average Bonchev–Trinajstić information content (AvgIpc) is 2.70. The second-order valence-electron chi connectivity index (χ2n) is 6.46. The summed E-state index contributed by atoms with van der Waals surface area (Å²) < 4.78 is 0.975. The van der Waals surface area contributed by atoms with Gasteiger partial charge in [0.05, 0.1) is 0 Å². The second kappa shape index (κ2) is 8.09. The predicted molar refractivity (Wildman–Crippen MR) is 91.7 cm³/mol. The fourth-order valence-corrected chi connectivity index (χ4v) is 3.54. The van der Waals surface area contributed by atoms with E-state index in [-0.39, 0.29) is 5.78 Å². The first-order valence-corrected chi connectivity index (χ1v) is 8.86. The Morgan fingerprint density at radius 2 is 2.14 bits per heavy atom. The summed E-state index contributed by atoms with van der Waals surface area (Å²) in [4.78, 5) is 14.7. The lowest BCUT2D eigenvalue weighted by Crippen LogP contribution is -2.27. The van der Waals surface area contributed by atoms with Crippen LogP contribution in [0.1, 0.15) is 49.9 Å². The van der Waals surface area contributed by atoms with Gasteiger partial charge in [0.25, 0.3) is 0 Å². The molecule has 0 aliphatic carbocycles. The lowest BCUT2D eigenvalue weighted by molar-refractivity contribution is 0.0964. The number of halogens is 1. The normalized spacial score (nSPS) is 20.5. The number of carbonyl (C=O) groups is 1. The quantitative estimate of drug-likeness (QED) is 0.711. The molecule has 1 aliphatic rings. The molecule has 1 aromatic rings. The highest BCUT2D eigenvalue weighted by Gasteiger charge is 2.19. The van der Waals surface area contributed by atoms with Gasteiger partial charge in [-0.05, 0) is 56.3 Å². The van der Waals surface area contributed by atoms with Crippen LogP contribution in [0.4, 0.5) is 0 Å². The average molecular weight is 352 g/mol. The highest BCUT2D eigenvalue weighted by molar-refractivity contribution is 9.10. The van der Waals surface area contributed by atoms with Crippen LogP contribution in [-0.2, 0) is 0 Å². The Morgan fingerprint density at radius 1 is 1.33 bits per heavy atom. The Kier molecular flexibility index (Phi) is 6.43. The lowest BCUT2D eigenvalue weighted by Gasteiger charge is -2.21. The van der Waals surface area contributed by atoms with Gasteiger partial charge in [0.1, 0.15) is 0 Å². The van der Waals surface area contributed by atoms with E-state index in [0.717, 1.165) is 41.5 Å². The number of likely N-dealkylation sites (tertiary alicyclic amines) is 1. The largest absolute Gasteiger partial charge is 0.303 e. The maximum atomic E-state index is 12.3. The standard InChI is InChI=1S/C18H26BrNO/c1-14(2)15-6-4-10-20(11-8-15)12-9-18(21)16-5-3-7-17(19)13-16/h3,5,7,13-15H,4,6,8-12H2,1-2H3. The molecular formula is C18H26BrNO. The van der Waals surface area contributed by atoms with Gasteiger partial charge in [-0.2, -0.15) is 0 Å². The molecule has 1 heterocycles. The van der Waals surface area contributed by atoms with E-state index in [1.807, 2.05) is 24.3 Å². The smallest absolute Gasteiger partial charge is 0.164 e. The van der Waals surface area contributed by atoms with Crippen molar-refractivity contribution in [1.82, 2.24) is 4.90 Å². The molecule has 0 bridgehead atoms. The topological polar surface area (TPSA) is 20.3 Å². The van der Waals surface area contributed by atoms with Crippen LogP contribution in [0.15, 0.2) is 28.7 Å². The van der Waals surface area contributed by atoms with Gasteiger partial charge in [0, 0.05) is 23.0 Å². The minimum absolute atomic E-state index is 0.251. The van der Waals surface area contributed by atoms with E-state index >= 15 is 0 Å². The Morgan fingerprint density at radius 3 is 2.86 bits per heavy atom. The SMILES string of the molecule is CC(C)C1CCCN(CCC(=O)c2cccc(Br)c2)CC1. The van der Waals surface area contributed by atoms with Gasteiger partial charge >= 0.3 is 0 Å². The summed E-state index contributed by atoms with van der Waals surface area (Å²) in [6.45, 7) is 7.86. The molecule has 0 spiro atoms. The van der Waals surface area contributed by atoms with Crippen molar-refractivity contribution < 1.29 is 4.79 Å². The zero-order chi connectivity index (χ0) is 15.2. The van der Waals surface area contributed by atoms with E-state index < -0.39 is 0 Å². The van der Waals surface area contributed by atoms with Gasteiger partial charge in [0.2, 0.25) is 0 Å². The summed E-state index contributed by atoms with van der Waals surface area (Å²) in [7, 11) is 0. The Labute approximate surface area is 137 Å². The molecule has 1 saturated heterocycles. The minimum atomic E-state index is 0.251. The number of Topliss-reactive ketones (excluding diaryl/α,β-unsaturated/α-hetero) is 1. The molecule has 1 aromatic carbocycles. The molecule has 1 atom stereocenters. The Bertz CT molecular complexity index is 472. The number of carbonyl (C=O) groups excluding carboxylic acids is 1. The number of rotatable bonds is 5. The predicted octanol–water partition coefficient (Wildman–Crippen LogP) is 4.78. The number of hydrogen-bond donors (Lipinski definition) is 0. The first kappa shape index (κ1) is 16.7. The van der Waals surface area contributed by atoms with Crippen LogP contribution in [0, 0.1) is 11.8 Å². The monoisotopic (exact) mass is 351 g/mol. The van der Waals surface area contributed by atoms with Crippen molar-refractivity contribution >= 4 is 21.7 Å². The molecule has 2 nitrogen and oxygen atoms in total. The van der Waals surface area contributed by atoms with E-state index in [4.69, 9.17) is 0 Å². The van der Waals surface area contributed by atoms with Gasteiger partial charge in [-0.1, -0.05) is 41.9 Å². The van der Waals surface area contributed by atoms with E-state index in [9.17, 15) is 4.79 Å². The summed E-state index contributed by atoms with van der Waals surface area (Å²) in [5, 5.41) is 0. The van der Waals surface area contributed by atoms with Crippen LogP contribution in [-0.4, -0.2) is 30.3 Å². The molecule has 0 amide bonds. The molecule has 2 rings (SSSR count). The van der Waals surface area contributed by atoms with Crippen molar-refractivity contribution in [2.75, 3.05) is 19.6 Å². The highest BCUT2D eigenvalue weighted by atomic mass is 79.9. The van der Waals surface area contributed by atoms with E-state index in [1.165, 1.54) is 19.3 Å². The molecule has 0 saturated carbocycles. The van der Waals surface area contributed by atoms with Gasteiger partial charge in [-0.15, -0.1) is 0 Å². The van der Waals surface area contributed by atoms with Crippen molar-refractivity contribution in [3.05, 3.63) is 34.3 Å². The molecular weight excluding hydrogens is 326 g/mol. The molecule has 1 aliphatic heterocycles. The molecule has 116 valence electrons. The van der Waals surface area contributed by atoms with Gasteiger partial charge in [-0.25, -0.2) is 0 Å². The molecule has 1 fully saturated rings. The lowest BCUT2D eigenvalue weighted by atomic mass is 9.89. The molecule has 1 unspecified atom stereocenters. The molecule has 0 aromatic heterocycles. The van der Waals surface area contributed by atoms with Crippen LogP contribution in [0.3, 0.4) is 0 Å².